The number of nitrogens with zero attached hydrogens (tertiary/aromatic N) is 3. The Labute approximate surface area is 150 Å². The third kappa shape index (κ3) is 4.11. The number of carboxylic acids is 1. The van der Waals surface area contributed by atoms with Crippen LogP contribution in [-0.4, -0.2) is 25.2 Å². The number of imidazole rings is 1. The third-order valence-corrected chi connectivity index (χ3v) is 4.61. The summed E-state index contributed by atoms with van der Waals surface area (Å²) in [6.45, 7) is 6.77. The van der Waals surface area contributed by atoms with Crippen LogP contribution >= 0.6 is 31.9 Å². The third-order valence-electron chi connectivity index (χ3n) is 3.60. The first kappa shape index (κ1) is 17.9. The lowest BCUT2D eigenvalue weighted by atomic mass is 9.86. The fourth-order valence-corrected chi connectivity index (χ4v) is 3.44. The highest BCUT2D eigenvalue weighted by atomic mass is 79.9. The Morgan fingerprint density at radius 1 is 1.35 bits per heavy atom. The lowest BCUT2D eigenvalue weighted by molar-refractivity contribution is 0.0693. The van der Waals surface area contributed by atoms with E-state index < -0.39 is 11.4 Å². The fourth-order valence-electron chi connectivity index (χ4n) is 2.35. The summed E-state index contributed by atoms with van der Waals surface area (Å²) in [6.07, 6.45) is 4.88. The van der Waals surface area contributed by atoms with Crippen molar-refractivity contribution in [2.75, 3.05) is 0 Å². The zero-order valence-corrected chi connectivity index (χ0v) is 16.1. The first-order valence-electron chi connectivity index (χ1n) is 6.93. The van der Waals surface area contributed by atoms with Gasteiger partial charge in [-0.3, -0.25) is 4.79 Å². The molecule has 2 aromatic rings. The van der Waals surface area contributed by atoms with E-state index in [9.17, 15) is 9.59 Å². The molecule has 0 bridgehead atoms. The maximum Gasteiger partial charge on any atom is 0.341 e. The van der Waals surface area contributed by atoms with Crippen LogP contribution in [0.25, 0.3) is 0 Å². The lowest BCUT2D eigenvalue weighted by Gasteiger charge is -2.33. The molecular weight excluding hydrogens is 430 g/mol. The van der Waals surface area contributed by atoms with Gasteiger partial charge in [-0.05, 0) is 37.3 Å². The number of carboxylic acid groups (broad SMARTS) is 1. The molecule has 0 aliphatic rings. The summed E-state index contributed by atoms with van der Waals surface area (Å²) in [5, 5.41) is 9.17. The number of pyridine rings is 1. The Hall–Kier alpha value is -1.41. The van der Waals surface area contributed by atoms with E-state index in [0.717, 1.165) is 0 Å². The predicted molar refractivity (Wildman–Crippen MR) is 93.8 cm³/mol. The fraction of sp³-hybridized carbons (Fsp3) is 0.400. The van der Waals surface area contributed by atoms with Gasteiger partial charge >= 0.3 is 5.97 Å². The molecule has 0 fully saturated rings. The number of hydrogen-bond donors (Lipinski definition) is 1. The Morgan fingerprint density at radius 3 is 2.48 bits per heavy atom. The summed E-state index contributed by atoms with van der Waals surface area (Å²) in [6, 6.07) is 1.22. The van der Waals surface area contributed by atoms with E-state index in [-0.39, 0.29) is 17.0 Å². The molecule has 0 aromatic carbocycles. The zero-order chi connectivity index (χ0) is 17.4. The monoisotopic (exact) mass is 445 g/mol. The van der Waals surface area contributed by atoms with Gasteiger partial charge in [0.25, 0.3) is 0 Å². The molecule has 0 spiro atoms. The highest BCUT2D eigenvalue weighted by molar-refractivity contribution is 9.11. The highest BCUT2D eigenvalue weighted by Crippen LogP contribution is 2.33. The van der Waals surface area contributed by atoms with Gasteiger partial charge in [0.15, 0.2) is 10.2 Å². The summed E-state index contributed by atoms with van der Waals surface area (Å²) in [5.41, 5.74) is -0.887. The van der Waals surface area contributed by atoms with Gasteiger partial charge in [0.2, 0.25) is 0 Å². The van der Waals surface area contributed by atoms with Crippen LogP contribution in [0, 0.1) is 5.41 Å². The number of aromatic carboxylic acids is 1. The van der Waals surface area contributed by atoms with Crippen molar-refractivity contribution in [3.8, 4) is 0 Å². The molecule has 2 rings (SSSR count). The minimum absolute atomic E-state index is 0.0707. The Bertz CT molecular complexity index is 790. The second-order valence-electron chi connectivity index (χ2n) is 6.34. The summed E-state index contributed by atoms with van der Waals surface area (Å²) in [7, 11) is 0. The first-order valence-corrected chi connectivity index (χ1v) is 8.51. The standard InChI is InChI=1S/C15H17Br2N3O3/c1-15(2,3)11(7-20-8-12(16)18-14(20)17)19-5-4-10(21)9(6-19)13(22)23/h4-6,8,11H,7H2,1-3H3,(H,22,23). The van der Waals surface area contributed by atoms with Gasteiger partial charge in [0.05, 0.1) is 6.04 Å². The molecule has 2 heterocycles. The molecule has 0 amide bonds. The Balaban J connectivity index is 2.48. The van der Waals surface area contributed by atoms with Gasteiger partial charge in [-0.2, -0.15) is 0 Å². The number of hydrogen-bond acceptors (Lipinski definition) is 3. The molecule has 0 saturated carbocycles. The SMILES string of the molecule is CC(C)(C)C(Cn1cc(Br)nc1Br)n1ccc(=O)c(C(=O)O)c1. The molecule has 0 radical (unpaired) electrons. The lowest BCUT2D eigenvalue weighted by Crippen LogP contribution is -2.30. The maximum atomic E-state index is 11.7. The van der Waals surface area contributed by atoms with Crippen molar-refractivity contribution in [3.05, 3.63) is 49.8 Å². The van der Waals surface area contributed by atoms with E-state index in [1.807, 2.05) is 10.8 Å². The number of carbonyl (C=O) groups is 1. The van der Waals surface area contributed by atoms with E-state index in [0.29, 0.717) is 15.9 Å². The molecule has 0 aliphatic heterocycles. The van der Waals surface area contributed by atoms with Gasteiger partial charge in [-0.15, -0.1) is 0 Å². The number of rotatable bonds is 4. The van der Waals surface area contributed by atoms with Crippen LogP contribution in [0.5, 0.6) is 0 Å². The molecule has 0 saturated heterocycles. The average molecular weight is 447 g/mol. The Morgan fingerprint density at radius 2 is 2.00 bits per heavy atom. The van der Waals surface area contributed by atoms with Crippen molar-refractivity contribution in [2.24, 2.45) is 5.41 Å². The van der Waals surface area contributed by atoms with E-state index in [1.54, 1.807) is 10.8 Å². The number of aromatic nitrogens is 3. The van der Waals surface area contributed by atoms with Crippen LogP contribution in [-0.2, 0) is 6.54 Å². The van der Waals surface area contributed by atoms with Crippen LogP contribution < -0.4 is 5.43 Å². The first-order chi connectivity index (χ1) is 10.6. The van der Waals surface area contributed by atoms with Crippen molar-refractivity contribution in [3.63, 3.8) is 0 Å². The molecule has 23 heavy (non-hydrogen) atoms. The van der Waals surface area contributed by atoms with Crippen LogP contribution in [0.2, 0.25) is 0 Å². The van der Waals surface area contributed by atoms with E-state index >= 15 is 0 Å². The maximum absolute atomic E-state index is 11.7. The van der Waals surface area contributed by atoms with Gasteiger partial charge in [0.1, 0.15) is 10.2 Å². The Kier molecular flexibility index (Phi) is 5.15. The van der Waals surface area contributed by atoms with E-state index in [4.69, 9.17) is 5.11 Å². The van der Waals surface area contributed by atoms with Gasteiger partial charge in [-0.25, -0.2) is 9.78 Å². The second-order valence-corrected chi connectivity index (χ2v) is 7.86. The zero-order valence-electron chi connectivity index (χ0n) is 13.0. The van der Waals surface area contributed by atoms with Gasteiger partial charge < -0.3 is 14.2 Å². The second kappa shape index (κ2) is 6.60. The highest BCUT2D eigenvalue weighted by Gasteiger charge is 2.27. The van der Waals surface area contributed by atoms with E-state index in [2.05, 4.69) is 57.6 Å². The summed E-state index contributed by atoms with van der Waals surface area (Å²) in [5.74, 6) is -1.22. The number of halogens is 2. The normalized spacial score (nSPS) is 13.1. The van der Waals surface area contributed by atoms with Gasteiger partial charge in [0, 0.05) is 31.2 Å². The smallest absolute Gasteiger partial charge is 0.341 e. The molecule has 124 valence electrons. The molecule has 1 unspecified atom stereocenters. The minimum atomic E-state index is -1.22. The summed E-state index contributed by atoms with van der Waals surface area (Å²) >= 11 is 6.73. The molecule has 1 atom stereocenters. The van der Waals surface area contributed by atoms with Crippen LogP contribution in [0.15, 0.2) is 38.8 Å². The molecule has 1 N–H and O–H groups in total. The minimum Gasteiger partial charge on any atom is -0.477 e. The van der Waals surface area contributed by atoms with Crippen molar-refractivity contribution >= 4 is 37.8 Å². The van der Waals surface area contributed by atoms with Gasteiger partial charge in [-0.1, -0.05) is 20.8 Å². The van der Waals surface area contributed by atoms with Crippen LogP contribution in [0.3, 0.4) is 0 Å². The molecule has 0 aliphatic carbocycles. The summed E-state index contributed by atoms with van der Waals surface area (Å²) < 4.78 is 5.10. The molecule has 6 nitrogen and oxygen atoms in total. The van der Waals surface area contributed by atoms with E-state index in [1.165, 1.54) is 12.3 Å². The average Bonchev–Trinajstić information content (AvgIpc) is 2.73. The predicted octanol–water partition coefficient (Wildman–Crippen LogP) is 3.56. The van der Waals surface area contributed by atoms with Crippen LogP contribution in [0.1, 0.15) is 37.2 Å². The van der Waals surface area contributed by atoms with Crippen molar-refractivity contribution < 1.29 is 9.90 Å². The van der Waals surface area contributed by atoms with Crippen molar-refractivity contribution in [1.29, 1.82) is 0 Å². The molecule has 8 heteroatoms. The van der Waals surface area contributed by atoms with Crippen LogP contribution in [0.4, 0.5) is 0 Å². The van der Waals surface area contributed by atoms with Crippen molar-refractivity contribution in [2.45, 2.75) is 33.4 Å². The van der Waals surface area contributed by atoms with Crippen molar-refractivity contribution in [1.82, 2.24) is 14.1 Å². The molecular formula is C15H17Br2N3O3. The largest absolute Gasteiger partial charge is 0.477 e. The quantitative estimate of drug-likeness (QED) is 0.778. The topological polar surface area (TPSA) is 77.1 Å². The molecule has 2 aromatic heterocycles. The summed E-state index contributed by atoms with van der Waals surface area (Å²) in [4.78, 5) is 27.1.